The number of anilines is 3. The van der Waals surface area contributed by atoms with Crippen molar-refractivity contribution in [1.29, 1.82) is 0 Å². The normalized spacial score (nSPS) is 10.8. The number of sulfonamides is 1. The maximum absolute atomic E-state index is 12.3. The molecule has 0 atom stereocenters. The molecular formula is C18H21N3O5S. The lowest BCUT2D eigenvalue weighted by Crippen LogP contribution is -2.37. The molecule has 27 heavy (non-hydrogen) atoms. The second kappa shape index (κ2) is 8.54. The number of hydrogen-bond acceptors (Lipinski definition) is 5. The Hall–Kier alpha value is -3.07. The van der Waals surface area contributed by atoms with Crippen molar-refractivity contribution in [3.63, 3.8) is 0 Å². The molecule has 0 saturated carbocycles. The summed E-state index contributed by atoms with van der Waals surface area (Å²) in [7, 11) is -2.19. The number of methoxy groups -OCH3 is 1. The third-order valence-electron chi connectivity index (χ3n) is 3.52. The van der Waals surface area contributed by atoms with E-state index in [1.54, 1.807) is 42.5 Å². The number of nitrogens with zero attached hydrogens (tertiary/aromatic N) is 1. The van der Waals surface area contributed by atoms with Gasteiger partial charge in [0.1, 0.15) is 12.3 Å². The highest BCUT2D eigenvalue weighted by Crippen LogP contribution is 2.22. The fraction of sp³-hybridized carbons (Fsp3) is 0.222. The number of ether oxygens (including phenoxy) is 1. The van der Waals surface area contributed by atoms with E-state index in [4.69, 9.17) is 4.74 Å². The first kappa shape index (κ1) is 20.2. The average molecular weight is 391 g/mol. The smallest absolute Gasteiger partial charge is 0.245 e. The molecule has 2 amide bonds. The molecule has 2 rings (SSSR count). The second-order valence-electron chi connectivity index (χ2n) is 5.78. The van der Waals surface area contributed by atoms with E-state index >= 15 is 0 Å². The lowest BCUT2D eigenvalue weighted by atomic mass is 10.2. The van der Waals surface area contributed by atoms with Crippen molar-refractivity contribution < 1.29 is 22.7 Å². The number of carbonyl (C=O) groups is 2. The van der Waals surface area contributed by atoms with Crippen LogP contribution in [0.1, 0.15) is 6.92 Å². The zero-order valence-corrected chi connectivity index (χ0v) is 16.0. The highest BCUT2D eigenvalue weighted by Gasteiger charge is 2.21. The van der Waals surface area contributed by atoms with Gasteiger partial charge in [-0.15, -0.1) is 0 Å². The van der Waals surface area contributed by atoms with Crippen LogP contribution in [0.25, 0.3) is 0 Å². The van der Waals surface area contributed by atoms with Crippen molar-refractivity contribution in [1.82, 2.24) is 0 Å². The van der Waals surface area contributed by atoms with Crippen molar-refractivity contribution >= 4 is 38.9 Å². The Labute approximate surface area is 158 Å². The number of carbonyl (C=O) groups excluding carboxylic acids is 2. The highest BCUT2D eigenvalue weighted by atomic mass is 32.2. The first-order valence-electron chi connectivity index (χ1n) is 7.98. The first-order chi connectivity index (χ1) is 12.7. The van der Waals surface area contributed by atoms with Gasteiger partial charge in [0, 0.05) is 18.3 Å². The number of benzene rings is 2. The van der Waals surface area contributed by atoms with Gasteiger partial charge in [0.15, 0.2) is 0 Å². The molecule has 2 aromatic carbocycles. The van der Waals surface area contributed by atoms with Gasteiger partial charge < -0.3 is 15.4 Å². The minimum Gasteiger partial charge on any atom is -0.497 e. The summed E-state index contributed by atoms with van der Waals surface area (Å²) in [6, 6.07) is 12.9. The Morgan fingerprint density at radius 3 is 2.26 bits per heavy atom. The summed E-state index contributed by atoms with van der Waals surface area (Å²) in [6.45, 7) is 0.942. The van der Waals surface area contributed by atoms with Crippen molar-refractivity contribution in [2.75, 3.05) is 34.8 Å². The molecule has 2 aromatic rings. The van der Waals surface area contributed by atoms with Gasteiger partial charge in [-0.2, -0.15) is 0 Å². The van der Waals surface area contributed by atoms with E-state index in [0.29, 0.717) is 17.1 Å². The van der Waals surface area contributed by atoms with Gasteiger partial charge >= 0.3 is 0 Å². The molecule has 144 valence electrons. The van der Waals surface area contributed by atoms with E-state index < -0.39 is 22.5 Å². The lowest BCUT2D eigenvalue weighted by Gasteiger charge is -2.22. The van der Waals surface area contributed by atoms with Crippen molar-refractivity contribution in [3.8, 4) is 5.75 Å². The van der Waals surface area contributed by atoms with Crippen molar-refractivity contribution in [2.45, 2.75) is 6.92 Å². The molecule has 0 fully saturated rings. The van der Waals surface area contributed by atoms with E-state index in [9.17, 15) is 18.0 Å². The standard InChI is InChI=1S/C18H21N3O5S/c1-13(22)19-15-5-4-6-16(11-15)21(27(3,24)25)12-18(23)20-14-7-9-17(26-2)10-8-14/h4-11H,12H2,1-3H3,(H,19,22)(H,20,23). The molecule has 2 N–H and O–H groups in total. The zero-order valence-electron chi connectivity index (χ0n) is 15.2. The average Bonchev–Trinajstić information content (AvgIpc) is 2.59. The van der Waals surface area contributed by atoms with E-state index in [1.807, 2.05) is 0 Å². The van der Waals surface area contributed by atoms with Gasteiger partial charge in [0.05, 0.1) is 19.1 Å². The molecule has 0 aromatic heterocycles. The van der Waals surface area contributed by atoms with Gasteiger partial charge in [-0.25, -0.2) is 8.42 Å². The largest absolute Gasteiger partial charge is 0.497 e. The van der Waals surface area contributed by atoms with Gasteiger partial charge in [0.25, 0.3) is 0 Å². The maximum atomic E-state index is 12.3. The van der Waals surface area contributed by atoms with Crippen LogP contribution in [0, 0.1) is 0 Å². The predicted octanol–water partition coefficient (Wildman–Crippen LogP) is 2.06. The van der Waals surface area contributed by atoms with Gasteiger partial charge in [-0.05, 0) is 42.5 Å². The molecule has 0 spiro atoms. The number of hydrogen-bond donors (Lipinski definition) is 2. The third-order valence-corrected chi connectivity index (χ3v) is 4.66. The molecule has 0 radical (unpaired) electrons. The van der Waals surface area contributed by atoms with E-state index in [2.05, 4.69) is 10.6 Å². The number of amides is 2. The second-order valence-corrected chi connectivity index (χ2v) is 7.68. The van der Waals surface area contributed by atoms with Crippen LogP contribution in [0.4, 0.5) is 17.1 Å². The maximum Gasteiger partial charge on any atom is 0.245 e. The topological polar surface area (TPSA) is 105 Å². The molecule has 8 nitrogen and oxygen atoms in total. The lowest BCUT2D eigenvalue weighted by molar-refractivity contribution is -0.115. The summed E-state index contributed by atoms with van der Waals surface area (Å²) in [6.07, 6.45) is 1.01. The summed E-state index contributed by atoms with van der Waals surface area (Å²) in [5.74, 6) is -0.147. The van der Waals surface area contributed by atoms with Gasteiger partial charge in [-0.3, -0.25) is 13.9 Å². The third kappa shape index (κ3) is 6.00. The van der Waals surface area contributed by atoms with Crippen LogP contribution >= 0.6 is 0 Å². The van der Waals surface area contributed by atoms with Crippen LogP contribution in [0.5, 0.6) is 5.75 Å². The Morgan fingerprint density at radius 1 is 1.04 bits per heavy atom. The Morgan fingerprint density at radius 2 is 1.70 bits per heavy atom. The van der Waals surface area contributed by atoms with Crippen LogP contribution in [-0.4, -0.2) is 40.1 Å². The summed E-state index contributed by atoms with van der Waals surface area (Å²) >= 11 is 0. The number of rotatable bonds is 7. The van der Waals surface area contributed by atoms with Crippen molar-refractivity contribution in [2.24, 2.45) is 0 Å². The van der Waals surface area contributed by atoms with E-state index in [0.717, 1.165) is 10.6 Å². The van der Waals surface area contributed by atoms with E-state index in [-0.39, 0.29) is 11.6 Å². The quantitative estimate of drug-likeness (QED) is 0.752. The SMILES string of the molecule is COc1ccc(NC(=O)CN(c2cccc(NC(C)=O)c2)S(C)(=O)=O)cc1. The first-order valence-corrected chi connectivity index (χ1v) is 9.83. The van der Waals surface area contributed by atoms with Crippen LogP contribution in [-0.2, 0) is 19.6 Å². The number of nitrogens with one attached hydrogen (secondary N) is 2. The highest BCUT2D eigenvalue weighted by molar-refractivity contribution is 7.92. The van der Waals surface area contributed by atoms with Crippen LogP contribution < -0.4 is 19.7 Å². The summed E-state index contributed by atoms with van der Waals surface area (Å²) in [5, 5.41) is 5.22. The molecule has 0 aliphatic heterocycles. The molecule has 0 saturated heterocycles. The zero-order chi connectivity index (χ0) is 20.0. The van der Waals surface area contributed by atoms with Gasteiger partial charge in [-0.1, -0.05) is 6.07 Å². The summed E-state index contributed by atoms with van der Waals surface area (Å²) in [4.78, 5) is 23.5. The van der Waals surface area contributed by atoms with Gasteiger partial charge in [0.2, 0.25) is 21.8 Å². The van der Waals surface area contributed by atoms with E-state index in [1.165, 1.54) is 20.1 Å². The molecule has 0 unspecified atom stereocenters. The van der Waals surface area contributed by atoms with Crippen LogP contribution in [0.15, 0.2) is 48.5 Å². The van der Waals surface area contributed by atoms with Crippen molar-refractivity contribution in [3.05, 3.63) is 48.5 Å². The molecule has 0 heterocycles. The molecule has 0 aliphatic carbocycles. The fourth-order valence-corrected chi connectivity index (χ4v) is 3.20. The minimum absolute atomic E-state index is 0.272. The van der Waals surface area contributed by atoms with Crippen LogP contribution in [0.3, 0.4) is 0 Å². The Bertz CT molecular complexity index is 926. The monoisotopic (exact) mass is 391 g/mol. The summed E-state index contributed by atoms with van der Waals surface area (Å²) in [5.41, 5.74) is 1.22. The predicted molar refractivity (Wildman–Crippen MR) is 105 cm³/mol. The minimum atomic E-state index is -3.72. The molecule has 0 aliphatic rings. The summed E-state index contributed by atoms with van der Waals surface area (Å²) < 4.78 is 30.4. The van der Waals surface area contributed by atoms with Crippen LogP contribution in [0.2, 0.25) is 0 Å². The Kier molecular flexibility index (Phi) is 6.40. The Balaban J connectivity index is 2.19. The molecule has 9 heteroatoms. The molecule has 0 bridgehead atoms. The fourth-order valence-electron chi connectivity index (χ4n) is 2.35. The molecular weight excluding hydrogens is 370 g/mol.